The third-order valence-electron chi connectivity index (χ3n) is 5.25. The van der Waals surface area contributed by atoms with Gasteiger partial charge in [0.25, 0.3) is 0 Å². The zero-order chi connectivity index (χ0) is 19.8. The Balaban J connectivity index is 3.75. The molecule has 25 heavy (non-hydrogen) atoms. The van der Waals surface area contributed by atoms with Crippen molar-refractivity contribution in [3.05, 3.63) is 22.8 Å². The molecule has 0 bridgehead atoms. The molecule has 1 aromatic rings. The van der Waals surface area contributed by atoms with Crippen LogP contribution in [0, 0.1) is 5.41 Å². The molecule has 1 rings (SSSR count). The van der Waals surface area contributed by atoms with Crippen LogP contribution in [0.3, 0.4) is 0 Å². The monoisotopic (exact) mass is 366 g/mol. The molecule has 0 radical (unpaired) electrons. The second kappa shape index (κ2) is 7.22. The summed E-state index contributed by atoms with van der Waals surface area (Å²) in [4.78, 5) is 12.7. The fraction of sp³-hybridized carbons (Fsp3) is 0.667. The number of aliphatic carboxylic acids is 1. The molecule has 0 fully saturated rings. The number of benzene rings is 1. The van der Waals surface area contributed by atoms with Crippen molar-refractivity contribution in [3.8, 4) is 5.75 Å². The largest absolute Gasteiger partial charge is 0.507 e. The number of carboxylic acids is 1. The van der Waals surface area contributed by atoms with E-state index in [9.17, 15) is 15.0 Å². The van der Waals surface area contributed by atoms with Gasteiger partial charge in [-0.2, -0.15) is 0 Å². The zero-order valence-corrected chi connectivity index (χ0v) is 17.8. The van der Waals surface area contributed by atoms with Gasteiger partial charge in [-0.05, 0) is 41.2 Å². The Morgan fingerprint density at radius 3 is 1.84 bits per heavy atom. The van der Waals surface area contributed by atoms with E-state index in [0.717, 1.165) is 16.7 Å². The summed E-state index contributed by atoms with van der Waals surface area (Å²) in [7, 11) is 0. The molecule has 1 aromatic carbocycles. The van der Waals surface area contributed by atoms with Gasteiger partial charge in [-0.25, -0.2) is 0 Å². The quantitative estimate of drug-likeness (QED) is 0.585. The van der Waals surface area contributed by atoms with Crippen LogP contribution in [0.25, 0.3) is 0 Å². The van der Waals surface area contributed by atoms with Crippen molar-refractivity contribution in [2.45, 2.75) is 90.4 Å². The van der Waals surface area contributed by atoms with Crippen LogP contribution in [-0.4, -0.2) is 16.2 Å². The van der Waals surface area contributed by atoms with Gasteiger partial charge >= 0.3 is 5.97 Å². The summed E-state index contributed by atoms with van der Waals surface area (Å²) < 4.78 is 0. The normalized spacial score (nSPS) is 13.2. The van der Waals surface area contributed by atoms with Gasteiger partial charge < -0.3 is 10.2 Å². The lowest BCUT2D eigenvalue weighted by Gasteiger charge is -2.33. The van der Waals surface area contributed by atoms with Crippen LogP contribution in [0.15, 0.2) is 11.0 Å². The molecule has 2 N–H and O–H groups in total. The van der Waals surface area contributed by atoms with Gasteiger partial charge in [0, 0.05) is 10.5 Å². The van der Waals surface area contributed by atoms with Crippen LogP contribution >= 0.6 is 12.6 Å². The highest BCUT2D eigenvalue weighted by Crippen LogP contribution is 2.45. The molecule has 0 unspecified atom stereocenters. The Morgan fingerprint density at radius 1 is 1.04 bits per heavy atom. The molecule has 0 aromatic heterocycles. The lowest BCUT2D eigenvalue weighted by Crippen LogP contribution is -2.32. The summed E-state index contributed by atoms with van der Waals surface area (Å²) in [6, 6.07) is 1.95. The molecule has 0 amide bonds. The van der Waals surface area contributed by atoms with E-state index in [0.29, 0.717) is 24.2 Å². The molecule has 3 nitrogen and oxygen atoms in total. The smallest absolute Gasteiger partial charge is 0.309 e. The average molecular weight is 367 g/mol. The Morgan fingerprint density at radius 2 is 1.52 bits per heavy atom. The first-order chi connectivity index (χ1) is 11.2. The van der Waals surface area contributed by atoms with Gasteiger partial charge in [-0.1, -0.05) is 61.5 Å². The van der Waals surface area contributed by atoms with E-state index in [-0.39, 0.29) is 16.6 Å². The number of phenolic OH excluding ortho intramolecular Hbond substituents is 1. The fourth-order valence-electron chi connectivity index (χ4n) is 3.38. The van der Waals surface area contributed by atoms with Crippen LogP contribution < -0.4 is 0 Å². The first kappa shape index (κ1) is 21.9. The lowest BCUT2D eigenvalue weighted by atomic mass is 9.73. The van der Waals surface area contributed by atoms with Gasteiger partial charge in [-0.3, -0.25) is 4.79 Å². The number of aromatic hydroxyl groups is 1. The summed E-state index contributed by atoms with van der Waals surface area (Å²) in [5.74, 6) is -0.490. The van der Waals surface area contributed by atoms with E-state index < -0.39 is 11.4 Å². The predicted molar refractivity (Wildman–Crippen MR) is 107 cm³/mol. The third kappa shape index (κ3) is 4.33. The minimum absolute atomic E-state index is 0.245. The molecule has 0 atom stereocenters. The van der Waals surface area contributed by atoms with Crippen molar-refractivity contribution in [2.24, 2.45) is 5.41 Å². The number of thiol groups is 1. The van der Waals surface area contributed by atoms with Crippen LogP contribution in [0.1, 0.15) is 84.9 Å². The van der Waals surface area contributed by atoms with Crippen molar-refractivity contribution >= 4 is 18.6 Å². The topological polar surface area (TPSA) is 57.5 Å². The fourth-order valence-corrected chi connectivity index (χ4v) is 3.96. The second-order valence-electron chi connectivity index (χ2n) is 9.12. The first-order valence-electron chi connectivity index (χ1n) is 9.03. The number of phenols is 1. The van der Waals surface area contributed by atoms with E-state index in [1.54, 1.807) is 0 Å². The van der Waals surface area contributed by atoms with Crippen LogP contribution in [-0.2, 0) is 22.0 Å². The van der Waals surface area contributed by atoms with E-state index in [1.807, 2.05) is 40.7 Å². The van der Waals surface area contributed by atoms with Crippen LogP contribution in [0.4, 0.5) is 0 Å². The van der Waals surface area contributed by atoms with Crippen molar-refractivity contribution in [3.63, 3.8) is 0 Å². The zero-order valence-electron chi connectivity index (χ0n) is 16.9. The van der Waals surface area contributed by atoms with Gasteiger partial charge in [0.2, 0.25) is 0 Å². The SMILES string of the molecule is CCC(CC)(Cc1cc(C(C)(C)C)c(O)c(C(C)(C)C)c1S)C(=O)O. The third-order valence-corrected chi connectivity index (χ3v) is 5.76. The van der Waals surface area contributed by atoms with Gasteiger partial charge in [-0.15, -0.1) is 12.6 Å². The Kier molecular flexibility index (Phi) is 6.32. The number of rotatable bonds is 5. The van der Waals surface area contributed by atoms with E-state index in [4.69, 9.17) is 12.6 Å². The number of carboxylic acid groups (broad SMARTS) is 1. The molecule has 0 aliphatic carbocycles. The first-order valence-corrected chi connectivity index (χ1v) is 9.48. The number of hydrogen-bond donors (Lipinski definition) is 3. The molecule has 4 heteroatoms. The second-order valence-corrected chi connectivity index (χ2v) is 9.57. The summed E-state index contributed by atoms with van der Waals surface area (Å²) in [5, 5.41) is 20.7. The molecule has 0 spiro atoms. The number of hydrogen-bond acceptors (Lipinski definition) is 3. The van der Waals surface area contributed by atoms with E-state index in [1.165, 1.54) is 0 Å². The summed E-state index contributed by atoms with van der Waals surface area (Å²) in [6.07, 6.45) is 1.53. The van der Waals surface area contributed by atoms with Crippen LogP contribution in [0.5, 0.6) is 5.75 Å². The van der Waals surface area contributed by atoms with Gasteiger partial charge in [0.1, 0.15) is 5.75 Å². The van der Waals surface area contributed by atoms with Gasteiger partial charge in [0.15, 0.2) is 0 Å². The molecule has 0 heterocycles. The highest BCUT2D eigenvalue weighted by atomic mass is 32.1. The molecule has 0 saturated carbocycles. The summed E-state index contributed by atoms with van der Waals surface area (Å²) >= 11 is 4.72. The van der Waals surface area contributed by atoms with E-state index >= 15 is 0 Å². The molecular weight excluding hydrogens is 332 g/mol. The summed E-state index contributed by atoms with van der Waals surface area (Å²) in [5.41, 5.74) is 1.20. The van der Waals surface area contributed by atoms with Crippen LogP contribution in [0.2, 0.25) is 0 Å². The van der Waals surface area contributed by atoms with E-state index in [2.05, 4.69) is 20.8 Å². The minimum atomic E-state index is -0.807. The minimum Gasteiger partial charge on any atom is -0.507 e. The van der Waals surface area contributed by atoms with Crippen molar-refractivity contribution < 1.29 is 15.0 Å². The highest BCUT2D eigenvalue weighted by molar-refractivity contribution is 7.80. The molecule has 0 saturated heterocycles. The lowest BCUT2D eigenvalue weighted by molar-refractivity contribution is -0.149. The Bertz CT molecular complexity index is 645. The Hall–Kier alpha value is -1.16. The van der Waals surface area contributed by atoms with Crippen molar-refractivity contribution in [1.82, 2.24) is 0 Å². The summed E-state index contributed by atoms with van der Waals surface area (Å²) in [6.45, 7) is 16.1. The Labute approximate surface area is 158 Å². The molecule has 0 aliphatic heterocycles. The van der Waals surface area contributed by atoms with Crippen molar-refractivity contribution in [2.75, 3.05) is 0 Å². The molecule has 142 valence electrons. The standard InChI is InChI=1S/C21H34O3S/c1-9-21(10-2,18(23)24)12-13-11-14(19(3,4)5)16(22)15(17(13)25)20(6,7)8/h11,22,25H,9-10,12H2,1-8H3,(H,23,24). The number of carbonyl (C=O) groups is 1. The maximum Gasteiger partial charge on any atom is 0.309 e. The highest BCUT2D eigenvalue weighted by Gasteiger charge is 2.37. The average Bonchev–Trinajstić information content (AvgIpc) is 2.44. The van der Waals surface area contributed by atoms with Crippen molar-refractivity contribution in [1.29, 1.82) is 0 Å². The van der Waals surface area contributed by atoms with Gasteiger partial charge in [0.05, 0.1) is 5.41 Å². The molecular formula is C21H34O3S. The molecule has 0 aliphatic rings. The maximum atomic E-state index is 12.0. The maximum absolute atomic E-state index is 12.0. The predicted octanol–water partition coefficient (Wildman–Crippen LogP) is 5.71.